The molecular formula is C98H62Cl4N12. The molecule has 0 radical (unpaired) electrons. The summed E-state index contributed by atoms with van der Waals surface area (Å²) in [6, 6.07) is 127. The lowest BCUT2D eigenvalue weighted by Crippen LogP contribution is -1.99. The molecule has 0 fully saturated rings. The van der Waals surface area contributed by atoms with Crippen LogP contribution in [0.1, 0.15) is 0 Å². The van der Waals surface area contributed by atoms with Crippen LogP contribution in [-0.4, -0.2) is 59.8 Å². The maximum atomic E-state index is 6.34. The maximum absolute atomic E-state index is 6.34. The van der Waals surface area contributed by atoms with Gasteiger partial charge in [0.25, 0.3) is 0 Å². The van der Waals surface area contributed by atoms with Crippen molar-refractivity contribution >= 4 is 100 Å². The highest BCUT2D eigenvalue weighted by Crippen LogP contribution is 2.37. The number of nitrogens with zero attached hydrogens (tertiary/aromatic N) is 12. The standard InChI is InChI=1S/3C25H16ClN3.C23H14ClN3/c26-25-28-23(20-13-6-12-19(16-20)17-8-2-1-3-9-17)27-24(29-25)22-15-7-11-18-10-4-5-14-21(18)22;26-25-28-23(21-15-7-6-14-19(21)17-9-2-1-3-10-17)27-24(29-25)22-16-8-12-18-11-4-5-13-20(18)22;26-25-28-23(20-15-13-18(14-16-20)17-7-2-1-3-8-17)27-24(29-25)22-12-6-10-19-9-4-5-11-21(19)22;24-23-26-21(18-13-12-15-6-1-2-8-17(15)14-18)25-22(27-23)20-11-5-9-16-7-3-4-10-19(16)20/h3*1-16H;1-14H. The number of aromatic nitrogens is 12. The zero-order valence-corrected chi connectivity index (χ0v) is 63.7. The van der Waals surface area contributed by atoms with Gasteiger partial charge in [-0.1, -0.05) is 364 Å². The number of halogens is 4. The molecule has 16 heteroatoms. The number of rotatable bonds is 11. The van der Waals surface area contributed by atoms with Gasteiger partial charge in [-0.2, -0.15) is 39.9 Å². The largest absolute Gasteiger partial charge is 0.226 e. The van der Waals surface area contributed by atoms with Crippen molar-refractivity contribution in [1.29, 1.82) is 0 Å². The molecule has 0 aliphatic rings. The molecule has 0 spiro atoms. The molecule has 4 aromatic heterocycles. The fourth-order valence-electron chi connectivity index (χ4n) is 13.9. The second kappa shape index (κ2) is 33.7. The molecule has 0 aliphatic carbocycles. The molecule has 0 atom stereocenters. The highest BCUT2D eigenvalue weighted by atomic mass is 35.5. The highest BCUT2D eigenvalue weighted by molar-refractivity contribution is 6.29. The lowest BCUT2D eigenvalue weighted by molar-refractivity contribution is 1.07. The third-order valence-corrected chi connectivity index (χ3v) is 20.0. The van der Waals surface area contributed by atoms with Crippen molar-refractivity contribution in [2.45, 2.75) is 0 Å². The van der Waals surface area contributed by atoms with E-state index < -0.39 is 0 Å². The molecule has 0 bridgehead atoms. The minimum absolute atomic E-state index is 0.181. The van der Waals surface area contributed by atoms with Gasteiger partial charge in [-0.3, -0.25) is 0 Å². The summed E-state index contributed by atoms with van der Waals surface area (Å²) in [5.74, 6) is 4.55. The highest BCUT2D eigenvalue weighted by Gasteiger charge is 2.19. The summed E-state index contributed by atoms with van der Waals surface area (Å²) >= 11 is 25.2. The molecule has 542 valence electrons. The molecule has 0 saturated carbocycles. The molecule has 20 aromatic rings. The summed E-state index contributed by atoms with van der Waals surface area (Å²) in [5, 5.41) is 11.9. The van der Waals surface area contributed by atoms with Gasteiger partial charge in [0.05, 0.1) is 0 Å². The van der Waals surface area contributed by atoms with Gasteiger partial charge in [-0.15, -0.1) is 0 Å². The Morgan fingerprint density at radius 2 is 0.377 bits per heavy atom. The van der Waals surface area contributed by atoms with E-state index in [0.29, 0.717) is 46.6 Å². The number of benzene rings is 16. The summed E-state index contributed by atoms with van der Waals surface area (Å²) in [4.78, 5) is 54.1. The molecule has 16 aromatic carbocycles. The van der Waals surface area contributed by atoms with Gasteiger partial charge in [0, 0.05) is 44.5 Å². The molecular weight excluding hydrogens is 1490 g/mol. The smallest absolute Gasteiger partial charge is 0.208 e. The zero-order chi connectivity index (χ0) is 77.1. The average Bonchev–Trinajstić information content (AvgIpc) is 0.801. The summed E-state index contributed by atoms with van der Waals surface area (Å²) in [6.45, 7) is 0. The lowest BCUT2D eigenvalue weighted by atomic mass is 9.99. The second-order valence-electron chi connectivity index (χ2n) is 26.5. The van der Waals surface area contributed by atoms with Crippen LogP contribution in [0.4, 0.5) is 0 Å². The Labute approximate surface area is 677 Å². The fraction of sp³-hybridized carbons (Fsp3) is 0. The topological polar surface area (TPSA) is 155 Å². The van der Waals surface area contributed by atoms with Gasteiger partial charge in [0.15, 0.2) is 46.6 Å². The summed E-state index contributed by atoms with van der Waals surface area (Å²) < 4.78 is 0. The van der Waals surface area contributed by atoms with Crippen LogP contribution >= 0.6 is 46.4 Å². The lowest BCUT2D eigenvalue weighted by Gasteiger charge is -2.11. The van der Waals surface area contributed by atoms with E-state index in [0.717, 1.165) is 121 Å². The quantitative estimate of drug-likeness (QED) is 0.121. The van der Waals surface area contributed by atoms with Gasteiger partial charge in [-0.25, -0.2) is 19.9 Å². The number of hydrogen-bond donors (Lipinski definition) is 0. The summed E-state index contributed by atoms with van der Waals surface area (Å²) in [5.41, 5.74) is 14.1. The Balaban J connectivity index is 0.000000110. The predicted molar refractivity (Wildman–Crippen MR) is 467 cm³/mol. The molecule has 114 heavy (non-hydrogen) atoms. The van der Waals surface area contributed by atoms with E-state index in [-0.39, 0.29) is 21.1 Å². The fourth-order valence-corrected chi connectivity index (χ4v) is 14.5. The van der Waals surface area contributed by atoms with E-state index in [4.69, 9.17) is 66.3 Å². The zero-order valence-electron chi connectivity index (χ0n) is 60.7. The van der Waals surface area contributed by atoms with Crippen LogP contribution in [0, 0.1) is 0 Å². The van der Waals surface area contributed by atoms with E-state index in [9.17, 15) is 0 Å². The first-order valence-corrected chi connectivity index (χ1v) is 38.2. The average molecular weight is 1550 g/mol. The van der Waals surface area contributed by atoms with Gasteiger partial charge in [0.1, 0.15) is 0 Å². The minimum atomic E-state index is 0.181. The van der Waals surface area contributed by atoms with E-state index >= 15 is 0 Å². The third kappa shape index (κ3) is 16.4. The van der Waals surface area contributed by atoms with Gasteiger partial charge in [-0.05, 0) is 146 Å². The van der Waals surface area contributed by atoms with Crippen molar-refractivity contribution in [1.82, 2.24) is 59.8 Å². The van der Waals surface area contributed by atoms with Crippen LogP contribution in [0.15, 0.2) is 376 Å². The molecule has 0 saturated heterocycles. The van der Waals surface area contributed by atoms with E-state index in [2.05, 4.69) is 204 Å². The van der Waals surface area contributed by atoms with Crippen LogP contribution in [-0.2, 0) is 0 Å². The van der Waals surface area contributed by atoms with E-state index in [1.165, 1.54) is 10.9 Å². The number of hydrogen-bond acceptors (Lipinski definition) is 12. The van der Waals surface area contributed by atoms with Gasteiger partial charge >= 0.3 is 0 Å². The molecule has 0 N–H and O–H groups in total. The minimum Gasteiger partial charge on any atom is -0.208 e. The molecule has 4 heterocycles. The van der Waals surface area contributed by atoms with Crippen molar-refractivity contribution in [3.05, 3.63) is 397 Å². The first-order chi connectivity index (χ1) is 56.1. The summed E-state index contributed by atoms with van der Waals surface area (Å²) in [6.07, 6.45) is 0. The second-order valence-corrected chi connectivity index (χ2v) is 27.8. The normalized spacial score (nSPS) is 11.0. The number of fused-ring (bicyclic) bond motifs is 5. The predicted octanol–water partition coefficient (Wildman–Crippen LogP) is 26.2. The van der Waals surface area contributed by atoms with E-state index in [1.807, 2.05) is 212 Å². The van der Waals surface area contributed by atoms with Crippen LogP contribution < -0.4 is 0 Å². The Morgan fingerprint density at radius 3 is 0.807 bits per heavy atom. The van der Waals surface area contributed by atoms with Crippen molar-refractivity contribution < 1.29 is 0 Å². The molecule has 20 rings (SSSR count). The van der Waals surface area contributed by atoms with Crippen LogP contribution in [0.25, 0.3) is 178 Å². The third-order valence-electron chi connectivity index (χ3n) is 19.3. The maximum Gasteiger partial charge on any atom is 0.226 e. The Kier molecular flexibility index (Phi) is 21.5. The van der Waals surface area contributed by atoms with E-state index in [1.54, 1.807) is 0 Å². The van der Waals surface area contributed by atoms with Crippen LogP contribution in [0.5, 0.6) is 0 Å². The Hall–Kier alpha value is -14.0. The van der Waals surface area contributed by atoms with Crippen molar-refractivity contribution in [2.24, 2.45) is 0 Å². The molecule has 0 aliphatic heterocycles. The Morgan fingerprint density at radius 1 is 0.132 bits per heavy atom. The summed E-state index contributed by atoms with van der Waals surface area (Å²) in [7, 11) is 0. The monoisotopic (exact) mass is 1550 g/mol. The van der Waals surface area contributed by atoms with Crippen molar-refractivity contribution in [3.63, 3.8) is 0 Å². The Bertz CT molecular complexity index is 6860. The first kappa shape index (κ1) is 72.9. The first-order valence-electron chi connectivity index (χ1n) is 36.7. The van der Waals surface area contributed by atoms with Gasteiger partial charge in [0.2, 0.25) is 21.1 Å². The van der Waals surface area contributed by atoms with Crippen molar-refractivity contribution in [2.75, 3.05) is 0 Å². The molecule has 0 amide bonds. The SMILES string of the molecule is Clc1nc(-c2ccc(-c3ccccc3)cc2)nc(-c2cccc3ccccc23)n1.Clc1nc(-c2ccc3ccccc3c2)nc(-c2cccc3ccccc23)n1.Clc1nc(-c2cccc(-c3ccccc3)c2)nc(-c2cccc3ccccc23)n1.Clc1nc(-c2ccccc2-c2ccccc2)nc(-c2cccc3ccccc23)n1. The molecule has 0 unspecified atom stereocenters. The van der Waals surface area contributed by atoms with Crippen molar-refractivity contribution in [3.8, 4) is 124 Å². The molecule has 12 nitrogen and oxygen atoms in total. The van der Waals surface area contributed by atoms with Crippen LogP contribution in [0.3, 0.4) is 0 Å². The van der Waals surface area contributed by atoms with Crippen LogP contribution in [0.2, 0.25) is 21.1 Å². The van der Waals surface area contributed by atoms with Gasteiger partial charge < -0.3 is 0 Å².